The molecule has 0 fully saturated rings. The molecule has 0 atom stereocenters. The lowest BCUT2D eigenvalue weighted by Crippen LogP contribution is -2.52. The molecule has 1 heterocycles. The summed E-state index contributed by atoms with van der Waals surface area (Å²) >= 11 is 29.6. The minimum atomic E-state index is -1.97. The number of rotatable bonds is 2. The predicted molar refractivity (Wildman–Crippen MR) is 71.2 cm³/mol. The van der Waals surface area contributed by atoms with Gasteiger partial charge in [-0.3, -0.25) is 0 Å². The van der Waals surface area contributed by atoms with Gasteiger partial charge < -0.3 is 0 Å². The summed E-state index contributed by atoms with van der Waals surface area (Å²) in [5, 5.41) is 14.6. The molecule has 0 saturated heterocycles. The van der Waals surface area contributed by atoms with Crippen molar-refractivity contribution in [1.29, 1.82) is 0 Å². The number of hydrogen-bond acceptors (Lipinski definition) is 4. The molecule has 0 aromatic carbocycles. The first kappa shape index (κ1) is 15.7. The summed E-state index contributed by atoms with van der Waals surface area (Å²) in [5.41, 5.74) is -1.59. The zero-order valence-electron chi connectivity index (χ0n) is 9.39. The van der Waals surface area contributed by atoms with E-state index in [1.807, 2.05) is 20.8 Å². The molecule has 0 aromatic heterocycles. The number of alkyl halides is 5. The molecule has 1 rings (SSSR count). The molecule has 1 aliphatic rings. The summed E-state index contributed by atoms with van der Waals surface area (Å²) in [4.78, 5) is 0. The van der Waals surface area contributed by atoms with E-state index in [1.165, 1.54) is 0 Å². The van der Waals surface area contributed by atoms with Gasteiger partial charge in [0.15, 0.2) is 0 Å². The van der Waals surface area contributed by atoms with Gasteiger partial charge in [-0.15, -0.1) is 10.2 Å². The Hall–Kier alpha value is 0.650. The van der Waals surface area contributed by atoms with Crippen molar-refractivity contribution in [2.24, 2.45) is 26.1 Å². The van der Waals surface area contributed by atoms with Crippen LogP contribution in [0.5, 0.6) is 0 Å². The Kier molecular flexibility index (Phi) is 4.29. The van der Waals surface area contributed by atoms with Crippen molar-refractivity contribution in [2.75, 3.05) is 0 Å². The minimum Gasteiger partial charge on any atom is -0.131 e. The van der Waals surface area contributed by atoms with Crippen molar-refractivity contribution in [3.05, 3.63) is 0 Å². The third kappa shape index (κ3) is 3.16. The standard InChI is InChI=1S/C8H11Cl5N4/c1-5(2,3)4-6(14-16-17-15-6)7(9,10)8(11,12)13/h4H2,1-3H3. The van der Waals surface area contributed by atoms with Gasteiger partial charge in [-0.2, -0.15) is 0 Å². The van der Waals surface area contributed by atoms with Crippen molar-refractivity contribution in [2.45, 2.75) is 41.0 Å². The van der Waals surface area contributed by atoms with Gasteiger partial charge in [-0.1, -0.05) is 78.8 Å². The first-order chi connectivity index (χ1) is 7.41. The zero-order valence-corrected chi connectivity index (χ0v) is 13.2. The minimum absolute atomic E-state index is 0.201. The van der Waals surface area contributed by atoms with Crippen molar-refractivity contribution in [3.8, 4) is 0 Å². The summed E-state index contributed by atoms with van der Waals surface area (Å²) in [5.74, 6) is 0. The number of hydrogen-bond donors (Lipinski definition) is 0. The van der Waals surface area contributed by atoms with Crippen molar-refractivity contribution in [1.82, 2.24) is 0 Å². The largest absolute Gasteiger partial charge is 0.232 e. The lowest BCUT2D eigenvalue weighted by molar-refractivity contribution is 0.239. The lowest BCUT2D eigenvalue weighted by Gasteiger charge is -2.40. The Balaban J connectivity index is 3.19. The third-order valence-corrected chi connectivity index (χ3v) is 4.70. The van der Waals surface area contributed by atoms with Gasteiger partial charge in [0.25, 0.3) is 0 Å². The molecule has 1 aliphatic heterocycles. The smallest absolute Gasteiger partial charge is 0.131 e. The quantitative estimate of drug-likeness (QED) is 0.596. The van der Waals surface area contributed by atoms with E-state index in [0.29, 0.717) is 6.42 Å². The maximum atomic E-state index is 6.14. The van der Waals surface area contributed by atoms with Crippen molar-refractivity contribution >= 4 is 58.0 Å². The van der Waals surface area contributed by atoms with E-state index in [-0.39, 0.29) is 5.41 Å². The van der Waals surface area contributed by atoms with Crippen LogP contribution in [0.3, 0.4) is 0 Å². The first-order valence-electron chi connectivity index (χ1n) is 4.70. The SMILES string of the molecule is CC(C)(C)CC1(C(Cl)(Cl)C(Cl)(Cl)Cl)N=NN=N1. The van der Waals surface area contributed by atoms with Crippen LogP contribution in [0, 0.1) is 5.41 Å². The molecule has 9 heteroatoms. The molecule has 0 aromatic rings. The molecule has 0 saturated carbocycles. The van der Waals surface area contributed by atoms with E-state index in [0.717, 1.165) is 0 Å². The monoisotopic (exact) mass is 338 g/mol. The summed E-state index contributed by atoms with van der Waals surface area (Å²) in [7, 11) is 0. The Morgan fingerprint density at radius 1 is 0.882 bits per heavy atom. The second-order valence-corrected chi connectivity index (χ2v) is 8.61. The normalized spacial score (nSPS) is 20.0. The molecule has 98 valence electrons. The highest BCUT2D eigenvalue weighted by atomic mass is 35.6. The molecular weight excluding hydrogens is 329 g/mol. The summed E-state index contributed by atoms with van der Waals surface area (Å²) in [6, 6.07) is 0. The van der Waals surface area contributed by atoms with Gasteiger partial charge in [-0.05, 0) is 15.9 Å². The second kappa shape index (κ2) is 4.64. The molecule has 0 bridgehead atoms. The van der Waals surface area contributed by atoms with E-state index < -0.39 is 13.8 Å². The van der Waals surface area contributed by atoms with E-state index in [9.17, 15) is 0 Å². The Morgan fingerprint density at radius 2 is 1.29 bits per heavy atom. The van der Waals surface area contributed by atoms with Crippen LogP contribution in [0.1, 0.15) is 27.2 Å². The molecule has 0 aliphatic carbocycles. The van der Waals surface area contributed by atoms with E-state index in [1.54, 1.807) is 0 Å². The first-order valence-corrected chi connectivity index (χ1v) is 6.59. The Labute approximate surface area is 125 Å². The van der Waals surface area contributed by atoms with Crippen LogP contribution >= 0.6 is 58.0 Å². The molecule has 0 amide bonds. The summed E-state index contributed by atoms with van der Waals surface area (Å²) in [6.45, 7) is 5.88. The highest BCUT2D eigenvalue weighted by molar-refractivity contribution is 6.75. The molecule has 0 unspecified atom stereocenters. The molecule has 0 radical (unpaired) electrons. The second-order valence-electron chi connectivity index (χ2n) is 5.01. The van der Waals surface area contributed by atoms with E-state index >= 15 is 0 Å². The van der Waals surface area contributed by atoms with E-state index in [4.69, 9.17) is 58.0 Å². The van der Waals surface area contributed by atoms with Crippen LogP contribution in [0.15, 0.2) is 20.7 Å². The van der Waals surface area contributed by atoms with Crippen LogP contribution in [-0.2, 0) is 0 Å². The van der Waals surface area contributed by atoms with Gasteiger partial charge in [0.05, 0.1) is 0 Å². The predicted octanol–water partition coefficient (Wildman–Crippen LogP) is 5.50. The molecular formula is C8H11Cl5N4. The van der Waals surface area contributed by atoms with Gasteiger partial charge in [0.1, 0.15) is 0 Å². The average Bonchev–Trinajstić information content (AvgIpc) is 2.48. The fourth-order valence-electron chi connectivity index (χ4n) is 1.48. The topological polar surface area (TPSA) is 49.4 Å². The molecule has 4 nitrogen and oxygen atoms in total. The fraction of sp³-hybridized carbons (Fsp3) is 1.00. The Morgan fingerprint density at radius 3 is 1.59 bits per heavy atom. The lowest BCUT2D eigenvalue weighted by atomic mass is 9.83. The van der Waals surface area contributed by atoms with Gasteiger partial charge in [-0.25, -0.2) is 0 Å². The number of halogens is 5. The fourth-order valence-corrected chi connectivity index (χ4v) is 2.22. The Bertz CT molecular complexity index is 340. The summed E-state index contributed by atoms with van der Waals surface area (Å²) < 4.78 is -3.83. The van der Waals surface area contributed by atoms with Crippen LogP contribution < -0.4 is 0 Å². The van der Waals surface area contributed by atoms with Gasteiger partial charge >= 0.3 is 0 Å². The highest BCUT2D eigenvalue weighted by Crippen LogP contribution is 2.57. The zero-order chi connectivity index (χ0) is 13.5. The van der Waals surface area contributed by atoms with Crippen LogP contribution in [0.25, 0.3) is 0 Å². The molecule has 17 heavy (non-hydrogen) atoms. The third-order valence-electron chi connectivity index (χ3n) is 2.10. The van der Waals surface area contributed by atoms with Crippen molar-refractivity contribution in [3.63, 3.8) is 0 Å². The van der Waals surface area contributed by atoms with Gasteiger partial charge in [0, 0.05) is 6.42 Å². The average molecular weight is 340 g/mol. The molecule has 0 spiro atoms. The maximum absolute atomic E-state index is 6.14. The van der Waals surface area contributed by atoms with Gasteiger partial charge in [0.2, 0.25) is 13.8 Å². The van der Waals surface area contributed by atoms with E-state index in [2.05, 4.69) is 20.7 Å². The van der Waals surface area contributed by atoms with Crippen LogP contribution in [0.4, 0.5) is 0 Å². The van der Waals surface area contributed by atoms with Crippen molar-refractivity contribution < 1.29 is 0 Å². The number of nitrogens with zero attached hydrogens (tertiary/aromatic N) is 4. The van der Waals surface area contributed by atoms with Crippen LogP contribution in [-0.4, -0.2) is 13.8 Å². The maximum Gasteiger partial charge on any atom is 0.232 e. The molecule has 0 N–H and O–H groups in total. The van der Waals surface area contributed by atoms with Crippen LogP contribution in [0.2, 0.25) is 0 Å². The summed E-state index contributed by atoms with van der Waals surface area (Å²) in [6.07, 6.45) is 0.341. The highest BCUT2D eigenvalue weighted by Gasteiger charge is 2.64.